The van der Waals surface area contributed by atoms with E-state index in [1.54, 1.807) is 24.0 Å². The molecule has 2 aromatic heterocycles. The number of pyridine rings is 1. The zero-order chi connectivity index (χ0) is 25.5. The van der Waals surface area contributed by atoms with Crippen LogP contribution in [0.5, 0.6) is 5.75 Å². The lowest BCUT2D eigenvalue weighted by atomic mass is 10.1. The number of carbonyl (C=O) groups excluding carboxylic acids is 1. The van der Waals surface area contributed by atoms with E-state index in [9.17, 15) is 9.18 Å². The van der Waals surface area contributed by atoms with Crippen molar-refractivity contribution in [3.8, 4) is 5.75 Å². The molecule has 3 aromatic rings. The highest BCUT2D eigenvalue weighted by Crippen LogP contribution is 2.18. The Kier molecular flexibility index (Phi) is 8.97. The van der Waals surface area contributed by atoms with Crippen LogP contribution < -0.4 is 4.74 Å². The molecule has 0 N–H and O–H groups in total. The quantitative estimate of drug-likeness (QED) is 0.274. The van der Waals surface area contributed by atoms with Crippen molar-refractivity contribution in [2.75, 3.05) is 32.9 Å². The molecule has 3 heterocycles. The molecule has 1 aliphatic heterocycles. The molecule has 0 spiro atoms. The van der Waals surface area contributed by atoms with Gasteiger partial charge in [-0.1, -0.05) is 6.07 Å². The lowest BCUT2D eigenvalue weighted by Crippen LogP contribution is -2.53. The third-order valence-corrected chi connectivity index (χ3v) is 6.57. The van der Waals surface area contributed by atoms with Crippen LogP contribution in [0.4, 0.5) is 4.39 Å². The third-order valence-electron chi connectivity index (χ3n) is 5.90. The van der Waals surface area contributed by atoms with Gasteiger partial charge in [-0.2, -0.15) is 4.80 Å². The number of tetrazole rings is 1. The normalized spacial score (nSPS) is 16.6. The minimum Gasteiger partial charge on any atom is -0.489 e. The van der Waals surface area contributed by atoms with Gasteiger partial charge >= 0.3 is 0 Å². The maximum absolute atomic E-state index is 13.0. The zero-order valence-electron chi connectivity index (χ0n) is 20.3. The summed E-state index contributed by atoms with van der Waals surface area (Å²) in [6.45, 7) is 6.71. The summed E-state index contributed by atoms with van der Waals surface area (Å²) in [5.41, 5.74) is 2.89. The molecule has 0 unspecified atom stereocenters. The average Bonchev–Trinajstić information content (AvgIpc) is 3.27. The van der Waals surface area contributed by atoms with Crippen molar-refractivity contribution in [1.29, 1.82) is 0 Å². The smallest absolute Gasteiger partial charge is 0.246 e. The molecule has 0 saturated carbocycles. The largest absolute Gasteiger partial charge is 0.489 e. The first-order valence-electron chi connectivity index (χ1n) is 11.8. The summed E-state index contributed by atoms with van der Waals surface area (Å²) >= 11 is 2.27. The molecular formula is C25H29FIN7O2. The van der Waals surface area contributed by atoms with E-state index in [-0.39, 0.29) is 18.6 Å². The van der Waals surface area contributed by atoms with Crippen molar-refractivity contribution in [2.45, 2.75) is 33.0 Å². The Morgan fingerprint density at radius 1 is 1.25 bits per heavy atom. The standard InChI is InChI=1S/C25H29FIN7O2/c1-18-15-32(17-23-6-7-24(14-28-23)36-12-9-26)10-11-33(18)25(35)8-4-20-3-5-22(27)13-21(20)16-34-30-19(2)29-31-34/h3-8,13-14,18H,9-12,15-17H2,1-2H3/b8-4+/t18-/m1/s1. The number of hydrogen-bond acceptors (Lipinski definition) is 7. The van der Waals surface area contributed by atoms with Gasteiger partial charge in [-0.3, -0.25) is 14.7 Å². The van der Waals surface area contributed by atoms with Crippen molar-refractivity contribution < 1.29 is 13.9 Å². The van der Waals surface area contributed by atoms with Crippen LogP contribution in [0.3, 0.4) is 0 Å². The van der Waals surface area contributed by atoms with Gasteiger partial charge in [0.05, 0.1) is 18.4 Å². The number of alkyl halides is 1. The molecular weight excluding hydrogens is 576 g/mol. The summed E-state index contributed by atoms with van der Waals surface area (Å²) in [6, 6.07) is 9.87. The molecule has 11 heteroatoms. The first kappa shape index (κ1) is 26.1. The van der Waals surface area contributed by atoms with Crippen molar-refractivity contribution in [2.24, 2.45) is 0 Å². The fourth-order valence-electron chi connectivity index (χ4n) is 4.15. The van der Waals surface area contributed by atoms with E-state index in [2.05, 4.69) is 60.9 Å². The average molecular weight is 605 g/mol. The number of aromatic nitrogens is 5. The van der Waals surface area contributed by atoms with Gasteiger partial charge in [0.25, 0.3) is 0 Å². The molecule has 1 saturated heterocycles. The Bertz CT molecular complexity index is 1200. The number of amides is 1. The number of piperazine rings is 1. The zero-order valence-corrected chi connectivity index (χ0v) is 22.5. The van der Waals surface area contributed by atoms with E-state index in [4.69, 9.17) is 4.74 Å². The van der Waals surface area contributed by atoms with Gasteiger partial charge in [0.15, 0.2) is 5.82 Å². The topological polar surface area (TPSA) is 89.3 Å². The number of aryl methyl sites for hydroxylation is 1. The van der Waals surface area contributed by atoms with E-state index in [0.717, 1.165) is 33.5 Å². The molecule has 1 fully saturated rings. The van der Waals surface area contributed by atoms with Crippen LogP contribution in [0, 0.1) is 10.5 Å². The molecule has 4 rings (SSSR count). The SMILES string of the molecule is Cc1nnn(Cc2cc(I)ccc2/C=C/C(=O)N2CCN(Cc3ccc(OCCF)cn3)C[C@H]2C)n1. The van der Waals surface area contributed by atoms with E-state index in [0.29, 0.717) is 31.2 Å². The Labute approximate surface area is 223 Å². The Morgan fingerprint density at radius 3 is 2.81 bits per heavy atom. The number of halogens is 2. The van der Waals surface area contributed by atoms with Gasteiger partial charge in [0.1, 0.15) is 19.0 Å². The maximum atomic E-state index is 13.0. The second-order valence-corrected chi connectivity index (χ2v) is 9.93. The van der Waals surface area contributed by atoms with Crippen LogP contribution in [-0.4, -0.2) is 79.9 Å². The second kappa shape index (κ2) is 12.3. The number of benzene rings is 1. The van der Waals surface area contributed by atoms with Crippen LogP contribution >= 0.6 is 22.6 Å². The van der Waals surface area contributed by atoms with Gasteiger partial charge in [0, 0.05) is 41.9 Å². The van der Waals surface area contributed by atoms with E-state index < -0.39 is 6.67 Å². The lowest BCUT2D eigenvalue weighted by Gasteiger charge is -2.39. The van der Waals surface area contributed by atoms with E-state index in [1.165, 1.54) is 0 Å². The molecule has 36 heavy (non-hydrogen) atoms. The van der Waals surface area contributed by atoms with E-state index in [1.807, 2.05) is 35.2 Å². The van der Waals surface area contributed by atoms with Crippen LogP contribution in [0.2, 0.25) is 0 Å². The van der Waals surface area contributed by atoms with Crippen molar-refractivity contribution in [3.63, 3.8) is 0 Å². The van der Waals surface area contributed by atoms with Crippen molar-refractivity contribution in [1.82, 2.24) is 35.0 Å². The highest BCUT2D eigenvalue weighted by Gasteiger charge is 2.26. The molecule has 0 bridgehead atoms. The minimum atomic E-state index is -0.524. The Morgan fingerprint density at radius 2 is 2.11 bits per heavy atom. The Balaban J connectivity index is 1.34. The van der Waals surface area contributed by atoms with Crippen molar-refractivity contribution >= 4 is 34.6 Å². The molecule has 1 amide bonds. The summed E-state index contributed by atoms with van der Waals surface area (Å²) in [4.78, 5) is 23.2. The van der Waals surface area contributed by atoms with Crippen LogP contribution in [-0.2, 0) is 17.9 Å². The van der Waals surface area contributed by atoms with Crippen LogP contribution in [0.1, 0.15) is 29.6 Å². The number of carbonyl (C=O) groups is 1. The van der Waals surface area contributed by atoms with Crippen molar-refractivity contribution in [3.05, 3.63) is 68.8 Å². The lowest BCUT2D eigenvalue weighted by molar-refractivity contribution is -0.130. The highest BCUT2D eigenvalue weighted by atomic mass is 127. The summed E-state index contributed by atoms with van der Waals surface area (Å²) in [5.74, 6) is 1.18. The van der Waals surface area contributed by atoms with Gasteiger partial charge in [-0.05, 0) is 83.1 Å². The first-order valence-corrected chi connectivity index (χ1v) is 12.9. The summed E-state index contributed by atoms with van der Waals surface area (Å²) in [5, 5.41) is 12.3. The molecule has 1 aliphatic rings. The van der Waals surface area contributed by atoms with Crippen LogP contribution in [0.15, 0.2) is 42.6 Å². The molecule has 0 radical (unpaired) electrons. The van der Waals surface area contributed by atoms with Gasteiger partial charge in [-0.15, -0.1) is 10.2 Å². The number of rotatable bonds is 9. The predicted molar refractivity (Wildman–Crippen MR) is 142 cm³/mol. The van der Waals surface area contributed by atoms with Gasteiger partial charge in [0.2, 0.25) is 5.91 Å². The summed E-state index contributed by atoms with van der Waals surface area (Å²) in [6.07, 6.45) is 5.14. The van der Waals surface area contributed by atoms with Gasteiger partial charge < -0.3 is 9.64 Å². The first-order chi connectivity index (χ1) is 17.4. The summed E-state index contributed by atoms with van der Waals surface area (Å²) < 4.78 is 18.6. The number of nitrogens with zero attached hydrogens (tertiary/aromatic N) is 7. The monoisotopic (exact) mass is 605 g/mol. The number of hydrogen-bond donors (Lipinski definition) is 0. The third kappa shape index (κ3) is 7.06. The van der Waals surface area contributed by atoms with E-state index >= 15 is 0 Å². The molecule has 1 atom stereocenters. The molecule has 9 nitrogen and oxygen atoms in total. The second-order valence-electron chi connectivity index (χ2n) is 8.68. The fraction of sp³-hybridized carbons (Fsp3) is 0.400. The summed E-state index contributed by atoms with van der Waals surface area (Å²) in [7, 11) is 0. The maximum Gasteiger partial charge on any atom is 0.246 e. The molecule has 190 valence electrons. The minimum absolute atomic E-state index is 0.00568. The van der Waals surface area contributed by atoms with Crippen LogP contribution in [0.25, 0.3) is 6.08 Å². The van der Waals surface area contributed by atoms with Gasteiger partial charge in [-0.25, -0.2) is 4.39 Å². The fourth-order valence-corrected chi connectivity index (χ4v) is 4.71. The molecule has 1 aromatic carbocycles. The predicted octanol–water partition coefficient (Wildman–Crippen LogP) is 3.12. The highest BCUT2D eigenvalue weighted by molar-refractivity contribution is 14.1. The Hall–Kier alpha value is -2.93. The number of ether oxygens (including phenoxy) is 1. The molecule has 0 aliphatic carbocycles.